The molecular weight excluding hydrogens is 547 g/mol. The highest BCUT2D eigenvalue weighted by molar-refractivity contribution is 7.96. The van der Waals surface area contributed by atoms with Crippen LogP contribution in [0.1, 0.15) is 24.5 Å². The maximum atomic E-state index is 13.5. The lowest BCUT2D eigenvalue weighted by Crippen LogP contribution is -2.58. The van der Waals surface area contributed by atoms with Crippen LogP contribution >= 0.6 is 12.2 Å². The molecule has 1 aliphatic heterocycles. The Morgan fingerprint density at radius 2 is 1.74 bits per heavy atom. The predicted octanol–water partition coefficient (Wildman–Crippen LogP) is 4.62. The van der Waals surface area contributed by atoms with Crippen LogP contribution in [0.4, 0.5) is 18.9 Å². The number of likely N-dealkylation sites (N-methyl/N-ethyl adjacent to an activating group) is 1. The minimum atomic E-state index is -4.82. The molecule has 1 aliphatic carbocycles. The van der Waals surface area contributed by atoms with Gasteiger partial charge in [0.2, 0.25) is 10.0 Å². The summed E-state index contributed by atoms with van der Waals surface area (Å²) in [6, 6.07) is 15.2. The fourth-order valence-electron chi connectivity index (χ4n) is 4.89. The molecule has 11 heteroatoms. The molecule has 2 aliphatic rings. The Balaban J connectivity index is 1.60. The van der Waals surface area contributed by atoms with Crippen LogP contribution in [0.5, 0.6) is 0 Å². The SMILES string of the molecule is CN(Cc1ccccc1)CC1CN(S(=O)(=O)C2=CC=CCC2=S)CCN1c1ccc(C(C)(O)C(F)(F)F)cc1. The van der Waals surface area contributed by atoms with E-state index < -0.39 is 21.8 Å². The van der Waals surface area contributed by atoms with Crippen molar-refractivity contribution in [3.05, 3.63) is 88.9 Å². The third-order valence-corrected chi connectivity index (χ3v) is 9.62. The summed E-state index contributed by atoms with van der Waals surface area (Å²) in [7, 11) is -1.86. The van der Waals surface area contributed by atoms with Gasteiger partial charge in [0.15, 0.2) is 5.60 Å². The van der Waals surface area contributed by atoms with Crippen LogP contribution in [0, 0.1) is 0 Å². The minimum Gasteiger partial charge on any atom is -0.376 e. The molecular formula is C28H32F3N3O3S2. The van der Waals surface area contributed by atoms with Gasteiger partial charge in [-0.15, -0.1) is 0 Å². The van der Waals surface area contributed by atoms with E-state index in [9.17, 15) is 26.7 Å². The molecule has 0 bridgehead atoms. The van der Waals surface area contributed by atoms with E-state index in [4.69, 9.17) is 12.2 Å². The molecule has 2 aromatic carbocycles. The van der Waals surface area contributed by atoms with Crippen molar-refractivity contribution in [2.75, 3.05) is 38.1 Å². The number of thiocarbonyl (C=S) groups is 1. The molecule has 2 atom stereocenters. The van der Waals surface area contributed by atoms with Crippen LogP contribution in [-0.2, 0) is 22.2 Å². The molecule has 2 aromatic rings. The molecule has 1 fully saturated rings. The number of piperazine rings is 1. The molecule has 0 amide bonds. The number of alkyl halides is 3. The first kappa shape index (κ1) is 29.4. The van der Waals surface area contributed by atoms with Crippen LogP contribution in [-0.4, -0.2) is 73.0 Å². The standard InChI is InChI=1S/C28H32F3N3O3S2/c1-27(35,28(29,30)31)22-12-14-23(15-13-22)34-17-16-33(39(36,37)26-11-7-6-10-25(26)38)20-24(34)19-32(2)18-21-8-4-3-5-9-21/h3-9,11-15,24,35H,10,16-20H2,1-2H3. The number of benzene rings is 2. The van der Waals surface area contributed by atoms with Crippen LogP contribution in [0.25, 0.3) is 0 Å². The van der Waals surface area contributed by atoms with Crippen LogP contribution < -0.4 is 4.90 Å². The van der Waals surface area contributed by atoms with Crippen molar-refractivity contribution in [3.8, 4) is 0 Å². The first-order valence-corrected chi connectivity index (χ1v) is 14.4. The maximum absolute atomic E-state index is 13.5. The number of anilines is 1. The van der Waals surface area contributed by atoms with Gasteiger partial charge in [0, 0.05) is 49.7 Å². The zero-order chi connectivity index (χ0) is 28.4. The van der Waals surface area contributed by atoms with Crippen molar-refractivity contribution in [1.82, 2.24) is 9.21 Å². The highest BCUT2D eigenvalue weighted by Gasteiger charge is 2.51. The van der Waals surface area contributed by atoms with E-state index in [0.29, 0.717) is 36.6 Å². The van der Waals surface area contributed by atoms with Crippen molar-refractivity contribution in [1.29, 1.82) is 0 Å². The quantitative estimate of drug-likeness (QED) is 0.461. The lowest BCUT2D eigenvalue weighted by atomic mass is 9.95. The summed E-state index contributed by atoms with van der Waals surface area (Å²) in [5, 5.41) is 10.1. The van der Waals surface area contributed by atoms with Gasteiger partial charge in [0.1, 0.15) is 0 Å². The van der Waals surface area contributed by atoms with Crippen molar-refractivity contribution < 1.29 is 26.7 Å². The lowest BCUT2D eigenvalue weighted by Gasteiger charge is -2.44. The summed E-state index contributed by atoms with van der Waals surface area (Å²) in [4.78, 5) is 4.64. The highest BCUT2D eigenvalue weighted by atomic mass is 32.2. The third kappa shape index (κ3) is 6.44. The van der Waals surface area contributed by atoms with Crippen molar-refractivity contribution in [2.24, 2.45) is 0 Å². The van der Waals surface area contributed by atoms with Gasteiger partial charge in [-0.2, -0.15) is 17.5 Å². The summed E-state index contributed by atoms with van der Waals surface area (Å²) < 4.78 is 68.6. The molecule has 1 heterocycles. The van der Waals surface area contributed by atoms with Gasteiger partial charge < -0.3 is 14.9 Å². The fraction of sp³-hybridized carbons (Fsp3) is 0.393. The molecule has 0 radical (unpaired) electrons. The van der Waals surface area contributed by atoms with E-state index in [-0.39, 0.29) is 29.6 Å². The monoisotopic (exact) mass is 579 g/mol. The van der Waals surface area contributed by atoms with Crippen molar-refractivity contribution >= 4 is 32.8 Å². The second kappa shape index (κ2) is 11.5. The molecule has 1 saturated heterocycles. The van der Waals surface area contributed by atoms with Gasteiger partial charge in [0.25, 0.3) is 0 Å². The van der Waals surface area contributed by atoms with E-state index in [1.807, 2.05) is 48.4 Å². The van der Waals surface area contributed by atoms with E-state index in [2.05, 4.69) is 4.90 Å². The van der Waals surface area contributed by atoms with Crippen LogP contribution in [0.15, 0.2) is 77.7 Å². The zero-order valence-corrected chi connectivity index (χ0v) is 23.4. The van der Waals surface area contributed by atoms with Crippen molar-refractivity contribution in [2.45, 2.75) is 37.7 Å². The summed E-state index contributed by atoms with van der Waals surface area (Å²) in [5.74, 6) is 0. The number of sulfonamides is 1. The predicted molar refractivity (Wildman–Crippen MR) is 151 cm³/mol. The Labute approximate surface area is 233 Å². The summed E-state index contributed by atoms with van der Waals surface area (Å²) in [6.45, 7) is 2.61. The number of allylic oxidation sites excluding steroid dienone is 4. The molecule has 0 aromatic heterocycles. The molecule has 0 spiro atoms. The van der Waals surface area contributed by atoms with E-state index in [0.717, 1.165) is 12.5 Å². The Kier molecular flexibility index (Phi) is 8.67. The average molecular weight is 580 g/mol. The number of halogens is 3. The minimum absolute atomic E-state index is 0.142. The van der Waals surface area contributed by atoms with Crippen molar-refractivity contribution in [3.63, 3.8) is 0 Å². The first-order valence-electron chi connectivity index (χ1n) is 12.6. The second-order valence-corrected chi connectivity index (χ2v) is 12.5. The first-order chi connectivity index (χ1) is 18.3. The van der Waals surface area contributed by atoms with Crippen LogP contribution in [0.3, 0.4) is 0 Å². The highest BCUT2D eigenvalue weighted by Crippen LogP contribution is 2.39. The molecule has 1 N–H and O–H groups in total. The lowest BCUT2D eigenvalue weighted by molar-refractivity contribution is -0.258. The molecule has 210 valence electrons. The average Bonchev–Trinajstić information content (AvgIpc) is 2.89. The molecule has 2 unspecified atom stereocenters. The Hall–Kier alpha value is -2.57. The smallest absolute Gasteiger partial charge is 0.376 e. The van der Waals surface area contributed by atoms with Gasteiger partial charge in [-0.3, -0.25) is 0 Å². The zero-order valence-electron chi connectivity index (χ0n) is 21.8. The largest absolute Gasteiger partial charge is 0.421 e. The van der Waals surface area contributed by atoms with E-state index >= 15 is 0 Å². The molecule has 39 heavy (non-hydrogen) atoms. The molecule has 4 rings (SSSR count). The van der Waals surface area contributed by atoms with Gasteiger partial charge >= 0.3 is 6.18 Å². The molecule has 6 nitrogen and oxygen atoms in total. The summed E-state index contributed by atoms with van der Waals surface area (Å²) >= 11 is 5.34. The third-order valence-electron chi connectivity index (χ3n) is 7.16. The van der Waals surface area contributed by atoms with E-state index in [1.165, 1.54) is 22.5 Å². The topological polar surface area (TPSA) is 64.1 Å². The normalized spacial score (nSPS) is 20.7. The maximum Gasteiger partial charge on any atom is 0.421 e. The Bertz CT molecular complexity index is 1340. The molecule has 0 saturated carbocycles. The Morgan fingerprint density at radius 3 is 2.36 bits per heavy atom. The van der Waals surface area contributed by atoms with Gasteiger partial charge in [-0.1, -0.05) is 66.8 Å². The fourth-order valence-corrected chi connectivity index (χ4v) is 6.97. The number of aliphatic hydroxyl groups is 1. The number of nitrogens with zero attached hydrogens (tertiary/aromatic N) is 3. The van der Waals surface area contributed by atoms with E-state index in [1.54, 1.807) is 18.2 Å². The number of rotatable bonds is 8. The number of hydrogen-bond donors (Lipinski definition) is 1. The van der Waals surface area contributed by atoms with Crippen LogP contribution in [0.2, 0.25) is 0 Å². The van der Waals surface area contributed by atoms with Gasteiger partial charge in [-0.05, 0) is 43.3 Å². The van der Waals surface area contributed by atoms with Gasteiger partial charge in [0.05, 0.1) is 10.9 Å². The summed E-state index contributed by atoms with van der Waals surface area (Å²) in [6.07, 6.45) is 0.635. The Morgan fingerprint density at radius 1 is 1.08 bits per heavy atom. The number of hydrogen-bond acceptors (Lipinski definition) is 6. The second-order valence-electron chi connectivity index (χ2n) is 10.1. The summed E-state index contributed by atoms with van der Waals surface area (Å²) in [5.41, 5.74) is -1.48. The van der Waals surface area contributed by atoms with Gasteiger partial charge in [-0.25, -0.2) is 8.42 Å².